The third-order valence-corrected chi connectivity index (χ3v) is 2.17. The van der Waals surface area contributed by atoms with E-state index in [2.05, 4.69) is 4.98 Å². The van der Waals surface area contributed by atoms with Crippen LogP contribution in [0.4, 0.5) is 22.0 Å². The number of alkyl halides is 5. The molecule has 1 N–H and O–H groups in total. The van der Waals surface area contributed by atoms with Gasteiger partial charge in [0, 0.05) is 6.20 Å². The van der Waals surface area contributed by atoms with Gasteiger partial charge in [-0.1, -0.05) is 11.6 Å². The molecule has 1 aromatic heterocycles. The number of carbonyl (C=O) groups is 1. The molecule has 3 nitrogen and oxygen atoms in total. The van der Waals surface area contributed by atoms with Gasteiger partial charge in [0.05, 0.1) is 10.6 Å². The molecular formula is C8H3ClF5NO2. The summed E-state index contributed by atoms with van der Waals surface area (Å²) < 4.78 is 61.7. The molecule has 17 heavy (non-hydrogen) atoms. The summed E-state index contributed by atoms with van der Waals surface area (Å²) in [4.78, 5) is 13.3. The lowest BCUT2D eigenvalue weighted by molar-refractivity contribution is -0.141. The molecule has 0 aliphatic carbocycles. The van der Waals surface area contributed by atoms with Crippen LogP contribution in [-0.4, -0.2) is 16.1 Å². The van der Waals surface area contributed by atoms with Gasteiger partial charge in [-0.05, 0) is 0 Å². The number of pyridine rings is 1. The lowest BCUT2D eigenvalue weighted by Crippen LogP contribution is -2.17. The number of nitrogens with zero attached hydrogens (tertiary/aromatic N) is 1. The summed E-state index contributed by atoms with van der Waals surface area (Å²) in [6, 6.07) is 0. The minimum absolute atomic E-state index is 0.211. The third-order valence-electron chi connectivity index (χ3n) is 1.76. The van der Waals surface area contributed by atoms with Crippen molar-refractivity contribution in [1.29, 1.82) is 0 Å². The van der Waals surface area contributed by atoms with Gasteiger partial charge in [-0.3, -0.25) is 4.98 Å². The number of aromatic nitrogens is 1. The third kappa shape index (κ3) is 2.63. The quantitative estimate of drug-likeness (QED) is 0.842. The fourth-order valence-corrected chi connectivity index (χ4v) is 1.37. The smallest absolute Gasteiger partial charge is 0.434 e. The van der Waals surface area contributed by atoms with Gasteiger partial charge in [0.15, 0.2) is 5.69 Å². The minimum atomic E-state index is -5.09. The van der Waals surface area contributed by atoms with Crippen LogP contribution in [0.2, 0.25) is 5.02 Å². The molecule has 1 rings (SSSR count). The highest BCUT2D eigenvalue weighted by molar-refractivity contribution is 6.34. The highest BCUT2D eigenvalue weighted by Crippen LogP contribution is 2.37. The van der Waals surface area contributed by atoms with Crippen LogP contribution >= 0.6 is 11.6 Å². The van der Waals surface area contributed by atoms with E-state index >= 15 is 0 Å². The summed E-state index contributed by atoms with van der Waals surface area (Å²) in [5.74, 6) is -2.07. The van der Waals surface area contributed by atoms with Crippen molar-refractivity contribution in [2.45, 2.75) is 12.6 Å². The average Bonchev–Trinajstić information content (AvgIpc) is 2.14. The molecular weight excluding hydrogens is 273 g/mol. The van der Waals surface area contributed by atoms with Gasteiger partial charge in [0.25, 0.3) is 6.43 Å². The molecule has 0 amide bonds. The number of rotatable bonds is 2. The molecule has 0 saturated carbocycles. The van der Waals surface area contributed by atoms with Crippen LogP contribution in [-0.2, 0) is 6.18 Å². The monoisotopic (exact) mass is 275 g/mol. The number of hydrogen-bond acceptors (Lipinski definition) is 2. The average molecular weight is 276 g/mol. The van der Waals surface area contributed by atoms with E-state index in [4.69, 9.17) is 16.7 Å². The number of carboxylic acid groups (broad SMARTS) is 1. The standard InChI is InChI=1S/C8H3ClF5NO2/c9-4-2(6(10)11)1-15-5(8(12,13)14)3(4)7(16)17/h1,6H,(H,16,17). The Morgan fingerprint density at radius 3 is 2.29 bits per heavy atom. The first-order valence-corrected chi connectivity index (χ1v) is 4.31. The Bertz CT molecular complexity index is 460. The van der Waals surface area contributed by atoms with Gasteiger partial charge in [0.2, 0.25) is 0 Å². The Hall–Kier alpha value is -1.44. The van der Waals surface area contributed by atoms with Gasteiger partial charge in [-0.25, -0.2) is 13.6 Å². The zero-order valence-corrected chi connectivity index (χ0v) is 8.48. The van der Waals surface area contributed by atoms with Crippen LogP contribution in [0, 0.1) is 0 Å². The Labute approximate surface area is 95.8 Å². The second kappa shape index (κ2) is 4.44. The maximum atomic E-state index is 12.3. The van der Waals surface area contributed by atoms with Crippen molar-refractivity contribution in [3.05, 3.63) is 28.0 Å². The van der Waals surface area contributed by atoms with E-state index in [0.717, 1.165) is 0 Å². The summed E-state index contributed by atoms with van der Waals surface area (Å²) in [5.41, 5.74) is -4.34. The SMILES string of the molecule is O=C(O)c1c(C(F)(F)F)ncc(C(F)F)c1Cl. The highest BCUT2D eigenvalue weighted by Gasteiger charge is 2.39. The largest absolute Gasteiger partial charge is 0.478 e. The van der Waals surface area contributed by atoms with E-state index < -0.39 is 40.4 Å². The fraction of sp³-hybridized carbons (Fsp3) is 0.250. The van der Waals surface area contributed by atoms with Crippen molar-refractivity contribution in [2.75, 3.05) is 0 Å². The normalized spacial score (nSPS) is 11.9. The number of aromatic carboxylic acids is 1. The molecule has 9 heteroatoms. The minimum Gasteiger partial charge on any atom is -0.478 e. The van der Waals surface area contributed by atoms with Crippen molar-refractivity contribution >= 4 is 17.6 Å². The van der Waals surface area contributed by atoms with Gasteiger partial charge in [0.1, 0.15) is 5.56 Å². The molecule has 0 spiro atoms. The first kappa shape index (κ1) is 13.6. The highest BCUT2D eigenvalue weighted by atomic mass is 35.5. The van der Waals surface area contributed by atoms with E-state index in [1.807, 2.05) is 0 Å². The summed E-state index contributed by atoms with van der Waals surface area (Å²) in [5, 5.41) is 7.39. The predicted molar refractivity (Wildman–Crippen MR) is 46.2 cm³/mol. The van der Waals surface area contributed by atoms with E-state index in [9.17, 15) is 26.7 Å². The topological polar surface area (TPSA) is 50.2 Å². The summed E-state index contributed by atoms with van der Waals surface area (Å²) in [6.07, 6.45) is -8.09. The summed E-state index contributed by atoms with van der Waals surface area (Å²) in [6.45, 7) is 0. The van der Waals surface area contributed by atoms with Crippen molar-refractivity contribution in [3.63, 3.8) is 0 Å². The van der Waals surface area contributed by atoms with E-state index in [-0.39, 0.29) is 6.20 Å². The molecule has 0 fully saturated rings. The maximum absolute atomic E-state index is 12.3. The Kier molecular flexibility index (Phi) is 3.56. The molecule has 0 atom stereocenters. The second-order valence-electron chi connectivity index (χ2n) is 2.85. The summed E-state index contributed by atoms with van der Waals surface area (Å²) >= 11 is 5.21. The molecule has 0 unspecified atom stereocenters. The molecule has 0 saturated heterocycles. The molecule has 0 aromatic carbocycles. The van der Waals surface area contributed by atoms with E-state index in [1.54, 1.807) is 0 Å². The number of carboxylic acids is 1. The Morgan fingerprint density at radius 2 is 1.94 bits per heavy atom. The van der Waals surface area contributed by atoms with Gasteiger partial charge in [-0.2, -0.15) is 13.2 Å². The van der Waals surface area contributed by atoms with Crippen LogP contribution in [0.3, 0.4) is 0 Å². The molecule has 0 bridgehead atoms. The van der Waals surface area contributed by atoms with Crippen molar-refractivity contribution < 1.29 is 31.9 Å². The molecule has 94 valence electrons. The van der Waals surface area contributed by atoms with Gasteiger partial charge in [-0.15, -0.1) is 0 Å². The van der Waals surface area contributed by atoms with Crippen LogP contribution in [0.15, 0.2) is 6.20 Å². The zero-order chi connectivity index (χ0) is 13.4. The predicted octanol–water partition coefficient (Wildman–Crippen LogP) is 3.39. The van der Waals surface area contributed by atoms with Crippen LogP contribution in [0.25, 0.3) is 0 Å². The second-order valence-corrected chi connectivity index (χ2v) is 3.23. The number of halogens is 6. The number of hydrogen-bond donors (Lipinski definition) is 1. The lowest BCUT2D eigenvalue weighted by Gasteiger charge is -2.12. The molecule has 0 aliphatic heterocycles. The Morgan fingerprint density at radius 1 is 1.41 bits per heavy atom. The van der Waals surface area contributed by atoms with Crippen LogP contribution in [0.5, 0.6) is 0 Å². The van der Waals surface area contributed by atoms with Crippen molar-refractivity contribution in [1.82, 2.24) is 4.98 Å². The van der Waals surface area contributed by atoms with Gasteiger partial charge >= 0.3 is 12.1 Å². The molecule has 0 radical (unpaired) electrons. The summed E-state index contributed by atoms with van der Waals surface area (Å²) in [7, 11) is 0. The molecule has 1 heterocycles. The fourth-order valence-electron chi connectivity index (χ4n) is 1.07. The molecule has 1 aromatic rings. The van der Waals surface area contributed by atoms with Crippen molar-refractivity contribution in [2.24, 2.45) is 0 Å². The van der Waals surface area contributed by atoms with Gasteiger partial charge < -0.3 is 5.11 Å². The van der Waals surface area contributed by atoms with Crippen LogP contribution in [0.1, 0.15) is 28.0 Å². The molecule has 0 aliphatic rings. The van der Waals surface area contributed by atoms with E-state index in [1.165, 1.54) is 0 Å². The Balaban J connectivity index is 3.57. The first-order valence-electron chi connectivity index (χ1n) is 3.93. The van der Waals surface area contributed by atoms with Crippen molar-refractivity contribution in [3.8, 4) is 0 Å². The first-order chi connectivity index (χ1) is 7.66. The van der Waals surface area contributed by atoms with E-state index in [0.29, 0.717) is 0 Å². The zero-order valence-electron chi connectivity index (χ0n) is 7.73. The van der Waals surface area contributed by atoms with Crippen LogP contribution < -0.4 is 0 Å². The lowest BCUT2D eigenvalue weighted by atomic mass is 10.1. The maximum Gasteiger partial charge on any atom is 0.434 e.